The molecule has 4 heteroatoms. The van der Waals surface area contributed by atoms with Gasteiger partial charge < -0.3 is 10.1 Å². The first kappa shape index (κ1) is 13.1. The van der Waals surface area contributed by atoms with E-state index in [0.717, 1.165) is 24.4 Å². The molecule has 4 rings (SSSR count). The van der Waals surface area contributed by atoms with E-state index >= 15 is 0 Å². The minimum absolute atomic E-state index is 0.113. The number of carbonyl (C=O) groups is 1. The van der Waals surface area contributed by atoms with E-state index in [9.17, 15) is 4.79 Å². The molecule has 1 N–H and O–H groups in total. The molecule has 2 heterocycles. The summed E-state index contributed by atoms with van der Waals surface area (Å²) in [5.41, 5.74) is 3.41. The maximum absolute atomic E-state index is 11.5. The molecule has 112 valence electrons. The Labute approximate surface area is 125 Å². The Kier molecular flexibility index (Phi) is 3.34. The van der Waals surface area contributed by atoms with Crippen molar-refractivity contribution in [2.75, 3.05) is 12.0 Å². The van der Waals surface area contributed by atoms with Crippen LogP contribution in [-0.2, 0) is 17.8 Å². The second-order valence-electron chi connectivity index (χ2n) is 6.44. The fourth-order valence-electron chi connectivity index (χ4n) is 3.89. The van der Waals surface area contributed by atoms with E-state index in [4.69, 9.17) is 4.74 Å². The van der Waals surface area contributed by atoms with Gasteiger partial charge in [-0.25, -0.2) is 0 Å². The lowest BCUT2D eigenvalue weighted by Gasteiger charge is -2.38. The molecular weight excluding hydrogens is 264 g/mol. The Bertz CT molecular complexity index is 564. The summed E-state index contributed by atoms with van der Waals surface area (Å²) in [6, 6.07) is 4.84. The maximum atomic E-state index is 11.5. The van der Waals surface area contributed by atoms with E-state index in [0.29, 0.717) is 19.2 Å². The Hall–Kier alpha value is -1.55. The van der Waals surface area contributed by atoms with E-state index in [1.54, 1.807) is 0 Å². The van der Waals surface area contributed by atoms with Crippen molar-refractivity contribution in [1.82, 2.24) is 4.90 Å². The van der Waals surface area contributed by atoms with E-state index in [-0.39, 0.29) is 5.91 Å². The number of rotatable bonds is 1. The molecule has 0 radical (unpaired) electrons. The van der Waals surface area contributed by atoms with Crippen LogP contribution in [0.5, 0.6) is 5.75 Å². The Morgan fingerprint density at radius 2 is 2.00 bits per heavy atom. The van der Waals surface area contributed by atoms with Gasteiger partial charge in [0.25, 0.3) is 0 Å². The van der Waals surface area contributed by atoms with Gasteiger partial charge in [-0.05, 0) is 25.3 Å². The summed E-state index contributed by atoms with van der Waals surface area (Å²) in [7, 11) is 0. The molecule has 3 aliphatic rings. The molecule has 2 aliphatic heterocycles. The monoisotopic (exact) mass is 286 g/mol. The molecule has 1 aromatic rings. The van der Waals surface area contributed by atoms with Crippen LogP contribution in [0.1, 0.15) is 49.7 Å². The topological polar surface area (TPSA) is 41.6 Å². The second kappa shape index (κ2) is 5.34. The van der Waals surface area contributed by atoms with Crippen molar-refractivity contribution in [3.05, 3.63) is 23.3 Å². The van der Waals surface area contributed by atoms with Gasteiger partial charge in [0.2, 0.25) is 5.91 Å². The van der Waals surface area contributed by atoms with Crippen molar-refractivity contribution in [2.45, 2.75) is 57.5 Å². The van der Waals surface area contributed by atoms with Crippen LogP contribution < -0.4 is 10.1 Å². The van der Waals surface area contributed by atoms with Gasteiger partial charge in [-0.1, -0.05) is 25.3 Å². The van der Waals surface area contributed by atoms with Crippen LogP contribution in [-0.4, -0.2) is 23.6 Å². The molecule has 21 heavy (non-hydrogen) atoms. The van der Waals surface area contributed by atoms with Gasteiger partial charge in [0.05, 0.1) is 0 Å². The van der Waals surface area contributed by atoms with Crippen molar-refractivity contribution in [3.8, 4) is 5.75 Å². The average Bonchev–Trinajstić information content (AvgIpc) is 2.54. The van der Waals surface area contributed by atoms with Crippen molar-refractivity contribution < 1.29 is 9.53 Å². The summed E-state index contributed by atoms with van der Waals surface area (Å²) >= 11 is 0. The first-order chi connectivity index (χ1) is 10.3. The van der Waals surface area contributed by atoms with Crippen molar-refractivity contribution in [2.24, 2.45) is 0 Å². The van der Waals surface area contributed by atoms with Crippen LogP contribution in [0.4, 0.5) is 5.69 Å². The summed E-state index contributed by atoms with van der Waals surface area (Å²) < 4.78 is 6.10. The van der Waals surface area contributed by atoms with E-state index in [1.807, 2.05) is 6.07 Å². The predicted molar refractivity (Wildman–Crippen MR) is 81.3 cm³/mol. The highest BCUT2D eigenvalue weighted by Crippen LogP contribution is 2.38. The quantitative estimate of drug-likeness (QED) is 0.862. The van der Waals surface area contributed by atoms with Crippen LogP contribution in [0.15, 0.2) is 12.1 Å². The summed E-state index contributed by atoms with van der Waals surface area (Å²) in [5.74, 6) is 1.14. The first-order valence-corrected chi connectivity index (χ1v) is 8.13. The molecule has 1 aromatic carbocycles. The first-order valence-electron chi connectivity index (χ1n) is 8.13. The van der Waals surface area contributed by atoms with Gasteiger partial charge in [0.1, 0.15) is 12.5 Å². The number of carbonyl (C=O) groups excluding carboxylic acids is 1. The summed E-state index contributed by atoms with van der Waals surface area (Å²) in [6.45, 7) is 1.68. The van der Waals surface area contributed by atoms with Crippen LogP contribution in [0.3, 0.4) is 0 Å². The molecule has 0 spiro atoms. The van der Waals surface area contributed by atoms with Gasteiger partial charge in [0.15, 0.2) is 0 Å². The summed E-state index contributed by atoms with van der Waals surface area (Å²) in [6.07, 6.45) is 8.07. The van der Waals surface area contributed by atoms with Crippen molar-refractivity contribution in [3.63, 3.8) is 0 Å². The zero-order chi connectivity index (χ0) is 14.2. The molecule has 4 nitrogen and oxygen atoms in total. The van der Waals surface area contributed by atoms with Crippen LogP contribution in [0, 0.1) is 0 Å². The SMILES string of the molecule is O=C1CCc2c(ccc3c2OCN(C2CCCCC2)C3)N1. The fraction of sp³-hybridized carbons (Fsp3) is 0.588. The number of amides is 1. The number of ether oxygens (including phenoxy) is 1. The fourth-order valence-corrected chi connectivity index (χ4v) is 3.89. The van der Waals surface area contributed by atoms with E-state index < -0.39 is 0 Å². The molecule has 0 atom stereocenters. The lowest BCUT2D eigenvalue weighted by molar-refractivity contribution is -0.116. The molecule has 0 bridgehead atoms. The molecule has 0 unspecified atom stereocenters. The minimum atomic E-state index is 0.113. The zero-order valence-electron chi connectivity index (χ0n) is 12.4. The smallest absolute Gasteiger partial charge is 0.224 e. The van der Waals surface area contributed by atoms with Crippen molar-refractivity contribution >= 4 is 11.6 Å². The van der Waals surface area contributed by atoms with Gasteiger partial charge in [0, 0.05) is 35.8 Å². The third-order valence-corrected chi connectivity index (χ3v) is 5.06. The molecule has 0 saturated heterocycles. The zero-order valence-corrected chi connectivity index (χ0v) is 12.4. The van der Waals surface area contributed by atoms with Gasteiger partial charge in [-0.3, -0.25) is 9.69 Å². The molecule has 1 fully saturated rings. The summed E-state index contributed by atoms with van der Waals surface area (Å²) in [4.78, 5) is 14.0. The third-order valence-electron chi connectivity index (χ3n) is 5.06. The highest BCUT2D eigenvalue weighted by Gasteiger charge is 2.29. The number of hydrogen-bond donors (Lipinski definition) is 1. The normalized spacial score (nSPS) is 23.0. The molecule has 1 amide bonds. The average molecular weight is 286 g/mol. The van der Waals surface area contributed by atoms with Crippen molar-refractivity contribution in [1.29, 1.82) is 0 Å². The van der Waals surface area contributed by atoms with Gasteiger partial charge in [-0.15, -0.1) is 0 Å². The largest absolute Gasteiger partial charge is 0.477 e. The maximum Gasteiger partial charge on any atom is 0.224 e. The number of nitrogens with one attached hydrogen (secondary N) is 1. The van der Waals surface area contributed by atoms with E-state index in [1.165, 1.54) is 43.2 Å². The molecule has 1 aliphatic carbocycles. The Balaban J connectivity index is 1.57. The van der Waals surface area contributed by atoms with Crippen LogP contribution in [0.25, 0.3) is 0 Å². The van der Waals surface area contributed by atoms with Crippen LogP contribution in [0.2, 0.25) is 0 Å². The highest BCUT2D eigenvalue weighted by atomic mass is 16.5. The third kappa shape index (κ3) is 2.42. The number of fused-ring (bicyclic) bond motifs is 3. The Morgan fingerprint density at radius 1 is 1.14 bits per heavy atom. The van der Waals surface area contributed by atoms with Gasteiger partial charge >= 0.3 is 0 Å². The molecule has 1 saturated carbocycles. The standard InChI is InChI=1S/C17H22N2O2/c20-16-9-7-14-15(18-16)8-6-12-10-19(11-21-17(12)14)13-4-2-1-3-5-13/h6,8,13H,1-5,7,9-11H2,(H,18,20). The van der Waals surface area contributed by atoms with Gasteiger partial charge in [-0.2, -0.15) is 0 Å². The summed E-state index contributed by atoms with van der Waals surface area (Å²) in [5, 5.41) is 2.95. The number of benzene rings is 1. The Morgan fingerprint density at radius 3 is 2.86 bits per heavy atom. The minimum Gasteiger partial charge on any atom is -0.477 e. The second-order valence-corrected chi connectivity index (χ2v) is 6.44. The predicted octanol–water partition coefficient (Wildman–Crippen LogP) is 3.06. The lowest BCUT2D eigenvalue weighted by Crippen LogP contribution is -2.41. The molecular formula is C17H22N2O2. The number of nitrogens with zero attached hydrogens (tertiary/aromatic N) is 1. The number of hydrogen-bond acceptors (Lipinski definition) is 3. The van der Waals surface area contributed by atoms with Crippen LogP contribution >= 0.6 is 0 Å². The van der Waals surface area contributed by atoms with E-state index in [2.05, 4.69) is 16.3 Å². The highest BCUT2D eigenvalue weighted by molar-refractivity contribution is 5.94. The molecule has 0 aromatic heterocycles. The lowest BCUT2D eigenvalue weighted by atomic mass is 9.93. The number of anilines is 1.